The van der Waals surface area contributed by atoms with E-state index in [9.17, 15) is 8.42 Å². The molecule has 6 heteroatoms. The van der Waals surface area contributed by atoms with Gasteiger partial charge in [0.15, 0.2) is 0 Å². The summed E-state index contributed by atoms with van der Waals surface area (Å²) in [6.45, 7) is 1.37. The highest BCUT2D eigenvalue weighted by Crippen LogP contribution is 2.37. The monoisotopic (exact) mass is 360 g/mol. The molecule has 1 aliphatic rings. The van der Waals surface area contributed by atoms with Gasteiger partial charge in [-0.25, -0.2) is 13.1 Å². The third-order valence-corrected chi connectivity index (χ3v) is 4.83. The van der Waals surface area contributed by atoms with Gasteiger partial charge in [0.25, 0.3) is 0 Å². The lowest BCUT2D eigenvalue weighted by molar-refractivity contribution is 0.291. The molecule has 1 aromatic carbocycles. The topological polar surface area (TPSA) is 58.2 Å². The van der Waals surface area contributed by atoms with Crippen LogP contribution in [0.4, 0.5) is 0 Å². The number of halogens is 1. The van der Waals surface area contributed by atoms with Crippen LogP contribution in [0.3, 0.4) is 0 Å². The minimum Gasteiger partial charge on any atom is -0.314 e. The van der Waals surface area contributed by atoms with E-state index >= 15 is 0 Å². The predicted octanol–water partition coefficient (Wildman–Crippen LogP) is 2.22. The third-order valence-electron chi connectivity index (χ3n) is 3.61. The fourth-order valence-electron chi connectivity index (χ4n) is 2.47. The van der Waals surface area contributed by atoms with Crippen molar-refractivity contribution in [1.29, 1.82) is 0 Å². The van der Waals surface area contributed by atoms with Gasteiger partial charge in [0.2, 0.25) is 10.0 Å². The molecule has 4 nitrogen and oxygen atoms in total. The molecule has 0 aromatic heterocycles. The maximum absolute atomic E-state index is 10.9. The maximum atomic E-state index is 10.9. The molecule has 112 valence electrons. The van der Waals surface area contributed by atoms with Crippen LogP contribution in [0, 0.1) is 0 Å². The molecule has 0 unspecified atom stereocenters. The van der Waals surface area contributed by atoms with Crippen LogP contribution >= 0.6 is 15.9 Å². The molecule has 0 amide bonds. The van der Waals surface area contributed by atoms with Gasteiger partial charge in [0, 0.05) is 17.1 Å². The van der Waals surface area contributed by atoms with Crippen molar-refractivity contribution in [3.05, 3.63) is 34.3 Å². The molecule has 0 radical (unpaired) electrons. The Bertz CT molecular complexity index is 542. The summed E-state index contributed by atoms with van der Waals surface area (Å²) in [4.78, 5) is 0. The molecule has 1 aliphatic carbocycles. The zero-order valence-electron chi connectivity index (χ0n) is 11.6. The van der Waals surface area contributed by atoms with Crippen LogP contribution in [-0.2, 0) is 10.0 Å². The van der Waals surface area contributed by atoms with E-state index in [-0.39, 0.29) is 0 Å². The van der Waals surface area contributed by atoms with Gasteiger partial charge >= 0.3 is 0 Å². The summed E-state index contributed by atoms with van der Waals surface area (Å²) in [6, 6.07) is 9.07. The Morgan fingerprint density at radius 1 is 1.30 bits per heavy atom. The summed E-state index contributed by atoms with van der Waals surface area (Å²) in [5.74, 6) is 0.652. The molecular formula is C14H21BrN2O2S. The van der Waals surface area contributed by atoms with Gasteiger partial charge in [-0.1, -0.05) is 28.1 Å². The van der Waals surface area contributed by atoms with Gasteiger partial charge < -0.3 is 5.32 Å². The highest BCUT2D eigenvalue weighted by atomic mass is 79.9. The van der Waals surface area contributed by atoms with Crippen molar-refractivity contribution in [2.75, 3.05) is 19.3 Å². The van der Waals surface area contributed by atoms with Crippen molar-refractivity contribution in [2.45, 2.75) is 31.2 Å². The molecule has 0 spiro atoms. The number of nitrogens with one attached hydrogen (secondary N) is 2. The number of hydrogen-bond acceptors (Lipinski definition) is 3. The van der Waals surface area contributed by atoms with E-state index < -0.39 is 10.0 Å². The quantitative estimate of drug-likeness (QED) is 0.733. The van der Waals surface area contributed by atoms with Gasteiger partial charge in [0.1, 0.15) is 0 Å². The average Bonchev–Trinajstić information content (AvgIpc) is 2.29. The van der Waals surface area contributed by atoms with Crippen LogP contribution in [-0.4, -0.2) is 33.8 Å². The minimum absolute atomic E-state index is 0.508. The summed E-state index contributed by atoms with van der Waals surface area (Å²) in [5.41, 5.74) is 1.40. The molecule has 2 rings (SSSR count). The van der Waals surface area contributed by atoms with Crippen LogP contribution in [0.5, 0.6) is 0 Å². The van der Waals surface area contributed by atoms with Gasteiger partial charge in [-0.3, -0.25) is 0 Å². The zero-order chi connectivity index (χ0) is 14.6. The largest absolute Gasteiger partial charge is 0.314 e. The molecule has 0 aliphatic heterocycles. The maximum Gasteiger partial charge on any atom is 0.208 e. The van der Waals surface area contributed by atoms with Crippen molar-refractivity contribution < 1.29 is 8.42 Å². The van der Waals surface area contributed by atoms with Crippen molar-refractivity contribution in [3.8, 4) is 0 Å². The van der Waals surface area contributed by atoms with E-state index in [4.69, 9.17) is 0 Å². The smallest absolute Gasteiger partial charge is 0.208 e. The fraction of sp³-hybridized carbons (Fsp3) is 0.571. The standard InChI is InChI=1S/C14H21BrN2O2S/c1-20(18,19)17-7-3-6-16-14-9-12(10-14)11-4-2-5-13(15)8-11/h2,4-5,8,12,14,16-17H,3,6-7,9-10H2,1H3. The molecule has 1 saturated carbocycles. The Balaban J connectivity index is 1.60. The summed E-state index contributed by atoms with van der Waals surface area (Å²) >= 11 is 3.50. The minimum atomic E-state index is -3.05. The summed E-state index contributed by atoms with van der Waals surface area (Å²) in [6.07, 6.45) is 4.34. The summed E-state index contributed by atoms with van der Waals surface area (Å²) in [7, 11) is -3.05. The highest BCUT2D eigenvalue weighted by Gasteiger charge is 2.29. The Morgan fingerprint density at radius 2 is 2.05 bits per heavy atom. The van der Waals surface area contributed by atoms with Gasteiger partial charge in [-0.2, -0.15) is 0 Å². The fourth-order valence-corrected chi connectivity index (χ4v) is 3.40. The highest BCUT2D eigenvalue weighted by molar-refractivity contribution is 9.10. The number of sulfonamides is 1. The Kier molecular flexibility index (Phi) is 5.60. The molecule has 2 N–H and O–H groups in total. The van der Waals surface area contributed by atoms with Crippen LogP contribution in [0.15, 0.2) is 28.7 Å². The first-order valence-electron chi connectivity index (χ1n) is 6.87. The lowest BCUT2D eigenvalue weighted by Gasteiger charge is -2.36. The lowest BCUT2D eigenvalue weighted by atomic mass is 9.76. The Hall–Kier alpha value is -0.430. The molecule has 1 aromatic rings. The normalized spacial score (nSPS) is 22.5. The van der Waals surface area contributed by atoms with E-state index in [0.717, 1.165) is 30.3 Å². The second kappa shape index (κ2) is 7.02. The van der Waals surface area contributed by atoms with Crippen LogP contribution in [0.1, 0.15) is 30.7 Å². The van der Waals surface area contributed by atoms with E-state index in [1.54, 1.807) is 0 Å². The first-order valence-corrected chi connectivity index (χ1v) is 9.56. The Labute approximate surface area is 129 Å². The molecule has 20 heavy (non-hydrogen) atoms. The van der Waals surface area contributed by atoms with Gasteiger partial charge in [0.05, 0.1) is 6.26 Å². The van der Waals surface area contributed by atoms with Crippen molar-refractivity contribution in [1.82, 2.24) is 10.0 Å². The second-order valence-electron chi connectivity index (χ2n) is 5.39. The van der Waals surface area contributed by atoms with Crippen LogP contribution < -0.4 is 10.0 Å². The molecule has 0 heterocycles. The van der Waals surface area contributed by atoms with Crippen molar-refractivity contribution in [3.63, 3.8) is 0 Å². The summed E-state index contributed by atoms with van der Waals surface area (Å²) < 4.78 is 25.4. The first-order chi connectivity index (χ1) is 9.44. The molecule has 0 saturated heterocycles. The molecular weight excluding hydrogens is 340 g/mol. The SMILES string of the molecule is CS(=O)(=O)NCCCNC1CC(c2cccc(Br)c2)C1. The third kappa shape index (κ3) is 5.16. The second-order valence-corrected chi connectivity index (χ2v) is 8.14. The van der Waals surface area contributed by atoms with Gasteiger partial charge in [-0.05, 0) is 49.4 Å². The number of rotatable bonds is 7. The Morgan fingerprint density at radius 3 is 2.70 bits per heavy atom. The zero-order valence-corrected chi connectivity index (χ0v) is 14.0. The lowest BCUT2D eigenvalue weighted by Crippen LogP contribution is -2.41. The molecule has 0 atom stereocenters. The first kappa shape index (κ1) is 15.9. The number of hydrogen-bond donors (Lipinski definition) is 2. The van der Waals surface area contributed by atoms with E-state index in [1.807, 2.05) is 6.07 Å². The van der Waals surface area contributed by atoms with E-state index in [2.05, 4.69) is 44.2 Å². The van der Waals surface area contributed by atoms with Crippen molar-refractivity contribution in [2.24, 2.45) is 0 Å². The van der Waals surface area contributed by atoms with Crippen molar-refractivity contribution >= 4 is 26.0 Å². The number of benzene rings is 1. The summed E-state index contributed by atoms with van der Waals surface area (Å²) in [5, 5.41) is 3.47. The predicted molar refractivity (Wildman–Crippen MR) is 85.4 cm³/mol. The van der Waals surface area contributed by atoms with Gasteiger partial charge in [-0.15, -0.1) is 0 Å². The van der Waals surface area contributed by atoms with E-state index in [1.165, 1.54) is 11.8 Å². The molecule has 1 fully saturated rings. The average molecular weight is 361 g/mol. The van der Waals surface area contributed by atoms with Crippen LogP contribution in [0.25, 0.3) is 0 Å². The molecule has 0 bridgehead atoms. The van der Waals surface area contributed by atoms with E-state index in [0.29, 0.717) is 18.5 Å². The van der Waals surface area contributed by atoms with Crippen LogP contribution in [0.2, 0.25) is 0 Å².